The van der Waals surface area contributed by atoms with Gasteiger partial charge >= 0.3 is 30.0 Å². The number of anilines is 1. The highest BCUT2D eigenvalue weighted by Crippen LogP contribution is 2.38. The van der Waals surface area contributed by atoms with Crippen LogP contribution in [0, 0.1) is 0 Å². The minimum Gasteiger partial charge on any atom is -0.489 e. The Labute approximate surface area is 291 Å². The van der Waals surface area contributed by atoms with Crippen LogP contribution in [0.5, 0.6) is 5.75 Å². The second-order valence-electron chi connectivity index (χ2n) is 12.5. The number of benzene rings is 1. The summed E-state index contributed by atoms with van der Waals surface area (Å²) in [6, 6.07) is 4.96. The first-order valence-electron chi connectivity index (χ1n) is 15.6. The van der Waals surface area contributed by atoms with Crippen molar-refractivity contribution in [2.75, 3.05) is 38.8 Å². The maximum Gasteiger partial charge on any atom is 0.414 e. The van der Waals surface area contributed by atoms with E-state index in [1.54, 1.807) is 18.2 Å². The zero-order valence-corrected chi connectivity index (χ0v) is 30.7. The van der Waals surface area contributed by atoms with E-state index in [1.807, 2.05) is 0 Å². The summed E-state index contributed by atoms with van der Waals surface area (Å²) in [5.74, 6) is -3.50. The van der Waals surface area contributed by atoms with E-state index in [0.717, 1.165) is 33.4 Å². The number of carbonyl (C=O) groups is 5. The molecule has 1 aromatic carbocycles. The van der Waals surface area contributed by atoms with Crippen LogP contribution in [0.15, 0.2) is 23.3 Å². The van der Waals surface area contributed by atoms with Crippen LogP contribution < -0.4 is 10.1 Å². The fourth-order valence-electron chi connectivity index (χ4n) is 4.24. The molecule has 0 bridgehead atoms. The third kappa shape index (κ3) is 12.8. The molecule has 0 unspecified atom stereocenters. The maximum absolute atomic E-state index is 13.3. The lowest BCUT2D eigenvalue weighted by molar-refractivity contribution is -0.287. The third-order valence-electron chi connectivity index (χ3n) is 7.63. The van der Waals surface area contributed by atoms with E-state index < -0.39 is 69.0 Å². The van der Waals surface area contributed by atoms with E-state index in [-0.39, 0.29) is 49.4 Å². The van der Waals surface area contributed by atoms with E-state index in [1.165, 1.54) is 0 Å². The molecule has 1 heterocycles. The molecule has 1 N–H and O–H groups in total. The summed E-state index contributed by atoms with van der Waals surface area (Å²) in [6.07, 6.45) is -9.72. The zero-order valence-electron chi connectivity index (χ0n) is 29.7. The van der Waals surface area contributed by atoms with Gasteiger partial charge in [-0.3, -0.25) is 19.7 Å². The van der Waals surface area contributed by atoms with E-state index in [9.17, 15) is 24.0 Å². The summed E-state index contributed by atoms with van der Waals surface area (Å²) in [5, 5.41) is 5.90. The van der Waals surface area contributed by atoms with Crippen molar-refractivity contribution >= 4 is 44.0 Å². The molecular weight excluding hydrogens is 680 g/mol. The third-order valence-corrected chi connectivity index (χ3v) is 12.1. The lowest BCUT2D eigenvalue weighted by Gasteiger charge is -2.42. The number of ether oxygens (including phenoxy) is 8. The predicted molar refractivity (Wildman–Crippen MR) is 176 cm³/mol. The highest BCUT2D eigenvalue weighted by atomic mass is 28.4. The Kier molecular flexibility index (Phi) is 15.9. The molecule has 50 heavy (non-hydrogen) atoms. The van der Waals surface area contributed by atoms with Gasteiger partial charge in [-0.2, -0.15) is 0 Å². The van der Waals surface area contributed by atoms with Gasteiger partial charge in [-0.15, -0.1) is 0 Å². The molecule has 0 aliphatic carbocycles. The van der Waals surface area contributed by atoms with Gasteiger partial charge in [0.05, 0.1) is 32.6 Å². The number of azide groups is 1. The van der Waals surface area contributed by atoms with Crippen LogP contribution in [0.4, 0.5) is 10.5 Å². The van der Waals surface area contributed by atoms with E-state index >= 15 is 0 Å². The van der Waals surface area contributed by atoms with Gasteiger partial charge in [0.1, 0.15) is 12.4 Å². The maximum atomic E-state index is 13.3. The number of hydrogen-bond acceptors (Lipinski definition) is 15. The van der Waals surface area contributed by atoms with Crippen LogP contribution in [0.3, 0.4) is 0 Å². The summed E-state index contributed by atoms with van der Waals surface area (Å²) in [5.41, 5.74) is 9.32. The van der Waals surface area contributed by atoms with Crippen LogP contribution in [-0.4, -0.2) is 102 Å². The van der Waals surface area contributed by atoms with Gasteiger partial charge in [-0.05, 0) is 41.4 Å². The number of nitrogens with one attached hydrogen (secondary N) is 1. The van der Waals surface area contributed by atoms with Gasteiger partial charge < -0.3 is 42.3 Å². The number of carbonyl (C=O) groups excluding carboxylic acids is 5. The molecule has 19 heteroatoms. The quantitative estimate of drug-likeness (QED) is 0.0480. The largest absolute Gasteiger partial charge is 0.489 e. The summed E-state index contributed by atoms with van der Waals surface area (Å²) >= 11 is 0. The molecule has 1 aliphatic heterocycles. The molecule has 278 valence electrons. The average Bonchev–Trinajstić information content (AvgIpc) is 3.01. The Bertz CT molecular complexity index is 1410. The predicted octanol–water partition coefficient (Wildman–Crippen LogP) is 4.16. The Hall–Kier alpha value is -4.42. The number of esters is 4. The average molecular weight is 727 g/mol. The van der Waals surface area contributed by atoms with E-state index in [4.69, 9.17) is 47.9 Å². The molecule has 5 atom stereocenters. The van der Waals surface area contributed by atoms with Crippen LogP contribution >= 0.6 is 0 Å². The van der Waals surface area contributed by atoms with Crippen LogP contribution in [0.25, 0.3) is 10.4 Å². The summed E-state index contributed by atoms with van der Waals surface area (Å²) in [4.78, 5) is 64.7. The first kappa shape index (κ1) is 41.7. The highest BCUT2D eigenvalue weighted by Gasteiger charge is 2.56. The topological polar surface area (TPSA) is 229 Å². The highest BCUT2D eigenvalue weighted by molar-refractivity contribution is 6.74. The molecule has 1 amide bonds. The zero-order chi connectivity index (χ0) is 37.6. The SMILES string of the molecule is COC(=O)[C@H]1O[C@@H](OC(=O)Nc2ccc(CO[Si](C)(C)C(C)(C)C)cc2OCCOCCN=[N+]=[N-])[C@H](OC(C)=O)[C@@H](OC(C)=O)[C@@H]1OC(C)=O. The molecule has 0 radical (unpaired) electrons. The normalized spacial score (nSPS) is 20.4. The van der Waals surface area contributed by atoms with Crippen molar-refractivity contribution in [3.63, 3.8) is 0 Å². The second-order valence-corrected chi connectivity index (χ2v) is 17.3. The number of nitrogens with zero attached hydrogens (tertiary/aromatic N) is 3. The molecule has 1 fully saturated rings. The number of hydrogen-bond donors (Lipinski definition) is 1. The van der Waals surface area contributed by atoms with Gasteiger partial charge in [-0.25, -0.2) is 9.59 Å². The Morgan fingerprint density at radius 3 is 2.12 bits per heavy atom. The summed E-state index contributed by atoms with van der Waals surface area (Å²) < 4.78 is 49.4. The summed E-state index contributed by atoms with van der Waals surface area (Å²) in [6.45, 7) is 14.5. The number of amides is 1. The van der Waals surface area contributed by atoms with Gasteiger partial charge in [0.25, 0.3) is 0 Å². The standard InChI is InChI=1S/C31H46N4O14Si/c1-18(36)45-24-25(46-19(2)37)27(47-20(3)38)29(48-26(24)28(39)41-7)49-30(40)34-22-11-10-21(17-44-50(8,9)31(4,5)6)16-23(22)43-15-14-42-13-12-33-35-32/h10-11,16,24-27,29H,12-15,17H2,1-9H3,(H,34,40)/t24-,25-,26-,27+,29-/m0/s1. The van der Waals surface area contributed by atoms with Gasteiger partial charge in [0, 0.05) is 32.2 Å². The lowest BCUT2D eigenvalue weighted by atomic mass is 9.97. The fraction of sp³-hybridized carbons (Fsp3) is 0.645. The van der Waals surface area contributed by atoms with Crippen LogP contribution in [0.1, 0.15) is 47.1 Å². The minimum atomic E-state index is -2.11. The summed E-state index contributed by atoms with van der Waals surface area (Å²) in [7, 11) is -1.08. The number of methoxy groups -OCH3 is 1. The van der Waals surface area contributed by atoms with Gasteiger partial charge in [0.2, 0.25) is 12.4 Å². The second kappa shape index (κ2) is 19.1. The van der Waals surface area contributed by atoms with Crippen LogP contribution in [-0.2, 0) is 63.4 Å². The number of rotatable bonds is 16. The van der Waals surface area contributed by atoms with Crippen molar-refractivity contribution in [2.45, 2.75) is 97.0 Å². The van der Waals surface area contributed by atoms with Crippen molar-refractivity contribution in [3.05, 3.63) is 34.2 Å². The molecule has 0 aromatic heterocycles. The molecule has 0 spiro atoms. The lowest BCUT2D eigenvalue weighted by Crippen LogP contribution is -2.64. The molecule has 1 saturated heterocycles. The monoisotopic (exact) mass is 726 g/mol. The van der Waals surface area contributed by atoms with Crippen molar-refractivity contribution in [2.24, 2.45) is 5.11 Å². The van der Waals surface area contributed by atoms with Gasteiger partial charge in [0.15, 0.2) is 26.6 Å². The first-order chi connectivity index (χ1) is 23.4. The Morgan fingerprint density at radius 1 is 0.920 bits per heavy atom. The minimum absolute atomic E-state index is 0.0325. The van der Waals surface area contributed by atoms with Crippen molar-refractivity contribution in [3.8, 4) is 5.75 Å². The van der Waals surface area contributed by atoms with Crippen molar-refractivity contribution in [1.29, 1.82) is 0 Å². The fourth-order valence-corrected chi connectivity index (χ4v) is 5.20. The van der Waals surface area contributed by atoms with Crippen molar-refractivity contribution < 1.29 is 66.3 Å². The first-order valence-corrected chi connectivity index (χ1v) is 18.5. The molecule has 1 aliphatic rings. The van der Waals surface area contributed by atoms with Crippen LogP contribution in [0.2, 0.25) is 18.1 Å². The van der Waals surface area contributed by atoms with E-state index in [0.29, 0.717) is 0 Å². The molecule has 2 rings (SSSR count). The van der Waals surface area contributed by atoms with Gasteiger partial charge in [-0.1, -0.05) is 32.0 Å². The molecular formula is C31H46N4O14Si. The Morgan fingerprint density at radius 2 is 1.54 bits per heavy atom. The van der Waals surface area contributed by atoms with E-state index in [2.05, 4.69) is 49.2 Å². The smallest absolute Gasteiger partial charge is 0.414 e. The molecule has 1 aromatic rings. The Balaban J connectivity index is 2.38. The van der Waals surface area contributed by atoms with Crippen molar-refractivity contribution in [1.82, 2.24) is 0 Å². The molecule has 0 saturated carbocycles. The molecule has 18 nitrogen and oxygen atoms in total.